The summed E-state index contributed by atoms with van der Waals surface area (Å²) in [6.07, 6.45) is 3.62. The topological polar surface area (TPSA) is 36.4 Å². The Morgan fingerprint density at radius 1 is 1.56 bits per heavy atom. The Morgan fingerprint density at radius 3 is 2.81 bits per heavy atom. The predicted molar refractivity (Wildman–Crippen MR) is 68.7 cm³/mol. The average molecular weight is 285 g/mol. The highest BCUT2D eigenvalue weighted by Gasteiger charge is 2.28. The lowest BCUT2D eigenvalue weighted by atomic mass is 9.82. The molecule has 0 aliphatic heterocycles. The summed E-state index contributed by atoms with van der Waals surface area (Å²) in [5.74, 6) is 1.65. The number of nitrogens with zero attached hydrogens (tertiary/aromatic N) is 2. The third-order valence-corrected chi connectivity index (χ3v) is 3.56. The van der Waals surface area contributed by atoms with Gasteiger partial charge in [0.25, 0.3) is 0 Å². The van der Waals surface area contributed by atoms with E-state index in [9.17, 15) is 5.11 Å². The van der Waals surface area contributed by atoms with Gasteiger partial charge in [-0.2, -0.15) is 0 Å². The molecule has 0 unspecified atom stereocenters. The SMILES string of the molecule is Cc1cc(Br)cnc1N(C)CC1CC(O)C1. The molecule has 1 aliphatic carbocycles. The first kappa shape index (κ1) is 11.9. The van der Waals surface area contributed by atoms with E-state index >= 15 is 0 Å². The van der Waals surface area contributed by atoms with E-state index in [0.717, 1.165) is 29.7 Å². The minimum absolute atomic E-state index is 0.0719. The standard InChI is InChI=1S/C12H17BrN2O/c1-8-3-10(13)6-14-12(8)15(2)7-9-4-11(16)5-9/h3,6,9,11,16H,4-5,7H2,1-2H3. The molecule has 0 radical (unpaired) electrons. The number of aromatic nitrogens is 1. The summed E-state index contributed by atoms with van der Waals surface area (Å²) in [5, 5.41) is 9.25. The lowest BCUT2D eigenvalue weighted by molar-refractivity contribution is 0.0464. The summed E-state index contributed by atoms with van der Waals surface area (Å²) in [6.45, 7) is 3.05. The monoisotopic (exact) mass is 284 g/mol. The molecule has 1 heterocycles. The van der Waals surface area contributed by atoms with Crippen LogP contribution in [0.1, 0.15) is 18.4 Å². The summed E-state index contributed by atoms with van der Waals surface area (Å²) in [5.41, 5.74) is 1.18. The molecule has 3 nitrogen and oxygen atoms in total. The third kappa shape index (κ3) is 2.55. The van der Waals surface area contributed by atoms with E-state index in [1.54, 1.807) is 0 Å². The maximum absolute atomic E-state index is 9.25. The van der Waals surface area contributed by atoms with Crippen LogP contribution in [0, 0.1) is 12.8 Å². The zero-order chi connectivity index (χ0) is 11.7. The molecule has 0 saturated heterocycles. The molecule has 0 amide bonds. The van der Waals surface area contributed by atoms with Crippen LogP contribution in [-0.4, -0.2) is 29.8 Å². The summed E-state index contributed by atoms with van der Waals surface area (Å²) in [4.78, 5) is 6.60. The Labute approximate surface area is 105 Å². The lowest BCUT2D eigenvalue weighted by Crippen LogP contribution is -2.37. The first-order valence-electron chi connectivity index (χ1n) is 5.57. The minimum Gasteiger partial charge on any atom is -0.393 e. The quantitative estimate of drug-likeness (QED) is 0.926. The number of aliphatic hydroxyl groups is 1. The molecular formula is C12H17BrN2O. The van der Waals surface area contributed by atoms with Crippen LogP contribution in [0.2, 0.25) is 0 Å². The van der Waals surface area contributed by atoms with Gasteiger partial charge in [-0.3, -0.25) is 0 Å². The van der Waals surface area contributed by atoms with E-state index in [2.05, 4.69) is 45.9 Å². The van der Waals surface area contributed by atoms with Crippen LogP contribution in [0.4, 0.5) is 5.82 Å². The summed E-state index contributed by atoms with van der Waals surface area (Å²) < 4.78 is 1.02. The van der Waals surface area contributed by atoms with Gasteiger partial charge in [-0.15, -0.1) is 0 Å². The number of hydrogen-bond donors (Lipinski definition) is 1. The molecule has 1 aliphatic rings. The number of anilines is 1. The van der Waals surface area contributed by atoms with Crippen molar-refractivity contribution in [1.29, 1.82) is 0 Å². The van der Waals surface area contributed by atoms with Crippen LogP contribution in [0.5, 0.6) is 0 Å². The Balaban J connectivity index is 2.00. The fourth-order valence-corrected chi connectivity index (χ4v) is 2.70. The maximum Gasteiger partial charge on any atom is 0.131 e. The van der Waals surface area contributed by atoms with E-state index in [4.69, 9.17) is 0 Å². The van der Waals surface area contributed by atoms with Crippen LogP contribution >= 0.6 is 15.9 Å². The molecule has 16 heavy (non-hydrogen) atoms. The Kier molecular flexibility index (Phi) is 3.50. The lowest BCUT2D eigenvalue weighted by Gasteiger charge is -2.35. The maximum atomic E-state index is 9.25. The zero-order valence-corrected chi connectivity index (χ0v) is 11.2. The third-order valence-electron chi connectivity index (χ3n) is 3.12. The molecular weight excluding hydrogens is 268 g/mol. The van der Waals surface area contributed by atoms with Crippen LogP contribution in [0.3, 0.4) is 0 Å². The number of aliphatic hydroxyl groups excluding tert-OH is 1. The molecule has 1 saturated carbocycles. The van der Waals surface area contributed by atoms with Gasteiger partial charge in [-0.25, -0.2) is 4.98 Å². The van der Waals surface area contributed by atoms with Crippen LogP contribution < -0.4 is 4.90 Å². The Hall–Kier alpha value is -0.610. The van der Waals surface area contributed by atoms with Crippen molar-refractivity contribution in [2.24, 2.45) is 5.92 Å². The van der Waals surface area contributed by atoms with Crippen LogP contribution in [-0.2, 0) is 0 Å². The zero-order valence-electron chi connectivity index (χ0n) is 9.65. The molecule has 0 atom stereocenters. The fraction of sp³-hybridized carbons (Fsp3) is 0.583. The number of halogens is 1. The van der Waals surface area contributed by atoms with Crippen molar-refractivity contribution in [3.63, 3.8) is 0 Å². The van der Waals surface area contributed by atoms with Crippen molar-refractivity contribution >= 4 is 21.7 Å². The second-order valence-corrected chi connectivity index (χ2v) is 5.58. The highest BCUT2D eigenvalue weighted by Crippen LogP contribution is 2.29. The van der Waals surface area contributed by atoms with E-state index in [0.29, 0.717) is 5.92 Å². The Morgan fingerprint density at radius 2 is 2.25 bits per heavy atom. The first-order chi connectivity index (χ1) is 7.56. The molecule has 1 aromatic rings. The van der Waals surface area contributed by atoms with Gasteiger partial charge in [0, 0.05) is 24.3 Å². The van der Waals surface area contributed by atoms with E-state index < -0.39 is 0 Å². The van der Waals surface area contributed by atoms with Crippen molar-refractivity contribution in [3.8, 4) is 0 Å². The number of hydrogen-bond acceptors (Lipinski definition) is 3. The number of pyridine rings is 1. The van der Waals surface area contributed by atoms with E-state index in [-0.39, 0.29) is 6.10 Å². The smallest absolute Gasteiger partial charge is 0.131 e. The van der Waals surface area contributed by atoms with Gasteiger partial charge in [-0.05, 0) is 53.2 Å². The van der Waals surface area contributed by atoms with Gasteiger partial charge in [-0.1, -0.05) is 0 Å². The van der Waals surface area contributed by atoms with Crippen LogP contribution in [0.25, 0.3) is 0 Å². The predicted octanol–water partition coefficient (Wildman–Crippen LogP) is 2.36. The van der Waals surface area contributed by atoms with Gasteiger partial charge < -0.3 is 10.0 Å². The molecule has 2 rings (SSSR count). The largest absolute Gasteiger partial charge is 0.393 e. The molecule has 0 aromatic carbocycles. The molecule has 4 heteroatoms. The molecule has 88 valence electrons. The van der Waals surface area contributed by atoms with E-state index in [1.165, 1.54) is 5.56 Å². The highest BCUT2D eigenvalue weighted by atomic mass is 79.9. The van der Waals surface area contributed by atoms with Gasteiger partial charge >= 0.3 is 0 Å². The number of aryl methyl sites for hydroxylation is 1. The summed E-state index contributed by atoms with van der Waals surface area (Å²) in [6, 6.07) is 2.08. The van der Waals surface area contributed by atoms with Gasteiger partial charge in [0.15, 0.2) is 0 Å². The van der Waals surface area contributed by atoms with Crippen LogP contribution in [0.15, 0.2) is 16.7 Å². The minimum atomic E-state index is -0.0719. The number of rotatable bonds is 3. The normalized spacial score (nSPS) is 24.0. The van der Waals surface area contributed by atoms with Crippen molar-refractivity contribution in [3.05, 3.63) is 22.3 Å². The van der Waals surface area contributed by atoms with Crippen molar-refractivity contribution in [2.45, 2.75) is 25.9 Å². The summed E-state index contributed by atoms with van der Waals surface area (Å²) >= 11 is 3.41. The average Bonchev–Trinajstić information content (AvgIpc) is 2.15. The highest BCUT2D eigenvalue weighted by molar-refractivity contribution is 9.10. The second-order valence-electron chi connectivity index (χ2n) is 4.67. The van der Waals surface area contributed by atoms with Gasteiger partial charge in [0.1, 0.15) is 5.82 Å². The summed E-state index contributed by atoms with van der Waals surface area (Å²) in [7, 11) is 2.06. The van der Waals surface area contributed by atoms with Crippen molar-refractivity contribution < 1.29 is 5.11 Å². The molecule has 1 aromatic heterocycles. The Bertz CT molecular complexity index is 377. The second kappa shape index (κ2) is 4.72. The van der Waals surface area contributed by atoms with E-state index in [1.807, 2.05) is 6.20 Å². The van der Waals surface area contributed by atoms with Gasteiger partial charge in [0.05, 0.1) is 6.10 Å². The molecule has 1 fully saturated rings. The first-order valence-corrected chi connectivity index (χ1v) is 6.37. The molecule has 0 spiro atoms. The molecule has 1 N–H and O–H groups in total. The fourth-order valence-electron chi connectivity index (χ4n) is 2.26. The van der Waals surface area contributed by atoms with Gasteiger partial charge in [0.2, 0.25) is 0 Å². The molecule has 0 bridgehead atoms. The van der Waals surface area contributed by atoms with Crippen molar-refractivity contribution in [1.82, 2.24) is 4.98 Å². The van der Waals surface area contributed by atoms with Crippen molar-refractivity contribution in [2.75, 3.05) is 18.5 Å².